The van der Waals surface area contributed by atoms with Crippen LogP contribution in [0.4, 0.5) is 10.5 Å². The fourth-order valence-electron chi connectivity index (χ4n) is 2.05. The van der Waals surface area contributed by atoms with Gasteiger partial charge in [0.25, 0.3) is 0 Å². The van der Waals surface area contributed by atoms with Crippen LogP contribution in [0.25, 0.3) is 0 Å². The fraction of sp³-hybridized carbons (Fsp3) is 0.529. The number of amides is 2. The van der Waals surface area contributed by atoms with Crippen LogP contribution in [-0.4, -0.2) is 36.9 Å². The van der Waals surface area contributed by atoms with E-state index in [1.807, 2.05) is 0 Å². The molecule has 2 rings (SSSR count). The summed E-state index contributed by atoms with van der Waals surface area (Å²) in [4.78, 5) is 23.9. The van der Waals surface area contributed by atoms with Crippen molar-refractivity contribution >= 4 is 17.7 Å². The number of anilines is 1. The summed E-state index contributed by atoms with van der Waals surface area (Å²) in [5.74, 6) is 0.752. The average molecular weight is 336 g/mol. The molecule has 2 amide bonds. The van der Waals surface area contributed by atoms with E-state index in [-0.39, 0.29) is 0 Å². The van der Waals surface area contributed by atoms with Gasteiger partial charge in [0.15, 0.2) is 11.5 Å². The second-order valence-electron chi connectivity index (χ2n) is 6.57. The number of hydrogen-bond acceptors (Lipinski definition) is 5. The summed E-state index contributed by atoms with van der Waals surface area (Å²) in [5, 5.41) is 5.21. The van der Waals surface area contributed by atoms with Gasteiger partial charge in [0.05, 0.1) is 13.2 Å². The minimum atomic E-state index is -0.760. The number of rotatable bonds is 3. The lowest BCUT2D eigenvalue weighted by Gasteiger charge is -2.22. The molecule has 1 aliphatic heterocycles. The van der Waals surface area contributed by atoms with Crippen molar-refractivity contribution in [3.05, 3.63) is 18.2 Å². The van der Waals surface area contributed by atoms with Gasteiger partial charge in [-0.1, -0.05) is 0 Å². The van der Waals surface area contributed by atoms with E-state index < -0.39 is 23.6 Å². The number of ether oxygens (including phenoxy) is 3. The maximum Gasteiger partial charge on any atom is 0.328 e. The molecule has 132 valence electrons. The van der Waals surface area contributed by atoms with Gasteiger partial charge in [-0.25, -0.2) is 9.59 Å². The number of esters is 1. The van der Waals surface area contributed by atoms with Crippen LogP contribution in [0.3, 0.4) is 0 Å². The lowest BCUT2D eigenvalue weighted by atomic mass is 10.2. The van der Waals surface area contributed by atoms with E-state index in [1.54, 1.807) is 45.9 Å². The summed E-state index contributed by atoms with van der Waals surface area (Å²) in [5.41, 5.74) is -0.0502. The van der Waals surface area contributed by atoms with Crippen molar-refractivity contribution in [1.82, 2.24) is 5.32 Å². The number of benzene rings is 1. The molecule has 1 aromatic carbocycles. The predicted molar refractivity (Wildman–Crippen MR) is 89.5 cm³/mol. The number of hydrogen-bond donors (Lipinski definition) is 2. The molecule has 0 aliphatic carbocycles. The van der Waals surface area contributed by atoms with E-state index in [0.717, 1.165) is 6.42 Å². The van der Waals surface area contributed by atoms with Gasteiger partial charge in [-0.3, -0.25) is 0 Å². The van der Waals surface area contributed by atoms with E-state index >= 15 is 0 Å². The molecular formula is C17H24N2O5. The lowest BCUT2D eigenvalue weighted by Crippen LogP contribution is -2.43. The molecule has 1 heterocycles. The first-order chi connectivity index (χ1) is 11.2. The van der Waals surface area contributed by atoms with Crippen molar-refractivity contribution in [2.45, 2.75) is 45.8 Å². The zero-order valence-electron chi connectivity index (χ0n) is 14.5. The molecule has 1 aromatic rings. The topological polar surface area (TPSA) is 85.9 Å². The number of urea groups is 1. The van der Waals surface area contributed by atoms with Gasteiger partial charge in [-0.15, -0.1) is 0 Å². The van der Waals surface area contributed by atoms with Crippen molar-refractivity contribution in [3.63, 3.8) is 0 Å². The minimum Gasteiger partial charge on any atom is -0.490 e. The van der Waals surface area contributed by atoms with Crippen molar-refractivity contribution in [1.29, 1.82) is 0 Å². The van der Waals surface area contributed by atoms with E-state index in [1.165, 1.54) is 0 Å². The summed E-state index contributed by atoms with van der Waals surface area (Å²) in [6, 6.07) is 3.89. The number of nitrogens with one attached hydrogen (secondary N) is 2. The lowest BCUT2D eigenvalue weighted by molar-refractivity contribution is -0.156. The van der Waals surface area contributed by atoms with Gasteiger partial charge in [-0.2, -0.15) is 0 Å². The molecule has 0 radical (unpaired) electrons. The van der Waals surface area contributed by atoms with Crippen molar-refractivity contribution in [2.75, 3.05) is 18.5 Å². The molecule has 1 aliphatic rings. The average Bonchev–Trinajstić information content (AvgIpc) is 2.70. The van der Waals surface area contributed by atoms with Crippen LogP contribution >= 0.6 is 0 Å². The predicted octanol–water partition coefficient (Wildman–Crippen LogP) is 2.70. The zero-order valence-corrected chi connectivity index (χ0v) is 14.5. The first kappa shape index (κ1) is 17.9. The van der Waals surface area contributed by atoms with Crippen LogP contribution in [0.1, 0.15) is 34.1 Å². The van der Waals surface area contributed by atoms with Crippen LogP contribution in [0.15, 0.2) is 18.2 Å². The van der Waals surface area contributed by atoms with Crippen LogP contribution in [-0.2, 0) is 9.53 Å². The molecule has 0 bridgehead atoms. The molecule has 2 N–H and O–H groups in total. The van der Waals surface area contributed by atoms with Gasteiger partial charge in [0, 0.05) is 18.2 Å². The van der Waals surface area contributed by atoms with Crippen LogP contribution in [0.2, 0.25) is 0 Å². The summed E-state index contributed by atoms with van der Waals surface area (Å²) in [7, 11) is 0. The quantitative estimate of drug-likeness (QED) is 0.829. The third kappa shape index (κ3) is 5.33. The van der Waals surface area contributed by atoms with Crippen molar-refractivity contribution < 1.29 is 23.8 Å². The van der Waals surface area contributed by atoms with Crippen molar-refractivity contribution in [2.24, 2.45) is 0 Å². The Hall–Kier alpha value is -2.44. The normalized spacial score (nSPS) is 15.0. The summed E-state index contributed by atoms with van der Waals surface area (Å²) in [6.07, 6.45) is 0.811. The fourth-order valence-corrected chi connectivity index (χ4v) is 2.05. The van der Waals surface area contributed by atoms with Gasteiger partial charge in [0.1, 0.15) is 11.6 Å². The Morgan fingerprint density at radius 3 is 2.50 bits per heavy atom. The van der Waals surface area contributed by atoms with Crippen LogP contribution < -0.4 is 20.1 Å². The molecule has 0 saturated heterocycles. The SMILES string of the molecule is CC(NC(=O)Nc1ccc2c(c1)OCCCO2)C(=O)OC(C)(C)C. The third-order valence-electron chi connectivity index (χ3n) is 3.11. The molecule has 1 unspecified atom stereocenters. The Morgan fingerprint density at radius 1 is 1.17 bits per heavy atom. The van der Waals surface area contributed by atoms with E-state index in [4.69, 9.17) is 14.2 Å². The molecule has 1 atom stereocenters. The van der Waals surface area contributed by atoms with Crippen molar-refractivity contribution in [3.8, 4) is 11.5 Å². The number of fused-ring (bicyclic) bond motifs is 1. The summed E-state index contributed by atoms with van der Waals surface area (Å²) >= 11 is 0. The molecule has 0 fully saturated rings. The Bertz CT molecular complexity index is 609. The molecule has 7 nitrogen and oxygen atoms in total. The second kappa shape index (κ2) is 7.42. The van der Waals surface area contributed by atoms with E-state index in [9.17, 15) is 9.59 Å². The Labute approximate surface area is 141 Å². The third-order valence-corrected chi connectivity index (χ3v) is 3.11. The zero-order chi connectivity index (χ0) is 17.7. The molecule has 0 saturated carbocycles. The Kier molecular flexibility index (Phi) is 5.54. The number of carbonyl (C=O) groups excluding carboxylic acids is 2. The van der Waals surface area contributed by atoms with E-state index in [2.05, 4.69) is 10.6 Å². The highest BCUT2D eigenvalue weighted by Gasteiger charge is 2.23. The summed E-state index contributed by atoms with van der Waals surface area (Å²) < 4.78 is 16.3. The first-order valence-corrected chi connectivity index (χ1v) is 7.94. The standard InChI is InChI=1S/C17H24N2O5/c1-11(15(20)24-17(2,3)4)18-16(21)19-12-6-7-13-14(10-12)23-9-5-8-22-13/h6-7,10-11H,5,8-9H2,1-4H3,(H2,18,19,21). The van der Waals surface area contributed by atoms with E-state index in [0.29, 0.717) is 30.4 Å². The number of carbonyl (C=O) groups is 2. The van der Waals surface area contributed by atoms with Crippen LogP contribution in [0, 0.1) is 0 Å². The minimum absolute atomic E-state index is 0.490. The summed E-state index contributed by atoms with van der Waals surface area (Å²) in [6.45, 7) is 8.06. The first-order valence-electron chi connectivity index (χ1n) is 7.94. The maximum absolute atomic E-state index is 12.0. The van der Waals surface area contributed by atoms with Crippen LogP contribution in [0.5, 0.6) is 11.5 Å². The highest BCUT2D eigenvalue weighted by Crippen LogP contribution is 2.32. The monoisotopic (exact) mass is 336 g/mol. The molecule has 24 heavy (non-hydrogen) atoms. The maximum atomic E-state index is 12.0. The Morgan fingerprint density at radius 2 is 1.83 bits per heavy atom. The molecular weight excluding hydrogens is 312 g/mol. The Balaban J connectivity index is 1.92. The molecule has 7 heteroatoms. The highest BCUT2D eigenvalue weighted by molar-refractivity contribution is 5.92. The molecule has 0 aromatic heterocycles. The van der Waals surface area contributed by atoms with Gasteiger partial charge >= 0.3 is 12.0 Å². The van der Waals surface area contributed by atoms with Gasteiger partial charge in [-0.05, 0) is 39.8 Å². The molecule has 0 spiro atoms. The van der Waals surface area contributed by atoms with Gasteiger partial charge in [0.2, 0.25) is 0 Å². The largest absolute Gasteiger partial charge is 0.490 e. The van der Waals surface area contributed by atoms with Gasteiger partial charge < -0.3 is 24.8 Å². The second-order valence-corrected chi connectivity index (χ2v) is 6.57. The smallest absolute Gasteiger partial charge is 0.328 e. The highest BCUT2D eigenvalue weighted by atomic mass is 16.6.